The van der Waals surface area contributed by atoms with Crippen LogP contribution in [-0.4, -0.2) is 30.9 Å². The lowest BCUT2D eigenvalue weighted by Gasteiger charge is -2.17. The number of carbonyl (C=O) groups is 2. The van der Waals surface area contributed by atoms with Crippen molar-refractivity contribution in [3.8, 4) is 0 Å². The second-order valence-corrected chi connectivity index (χ2v) is 6.32. The van der Waals surface area contributed by atoms with Crippen LogP contribution >= 0.6 is 0 Å². The van der Waals surface area contributed by atoms with Gasteiger partial charge in [-0.05, 0) is 42.7 Å². The van der Waals surface area contributed by atoms with Crippen molar-refractivity contribution in [1.29, 1.82) is 0 Å². The van der Waals surface area contributed by atoms with Gasteiger partial charge in [0.25, 0.3) is 0 Å². The number of amides is 3. The molecule has 138 valence electrons. The van der Waals surface area contributed by atoms with Crippen molar-refractivity contribution < 1.29 is 14.0 Å². The number of anilines is 1. The molecule has 1 atom stereocenters. The number of benzene rings is 2. The molecule has 0 aliphatic heterocycles. The van der Waals surface area contributed by atoms with E-state index in [0.29, 0.717) is 18.5 Å². The minimum Gasteiger partial charge on any atom is -0.349 e. The predicted molar refractivity (Wildman–Crippen MR) is 100 cm³/mol. The highest BCUT2D eigenvalue weighted by Gasteiger charge is 2.12. The largest absolute Gasteiger partial charge is 0.349 e. The third-order valence-electron chi connectivity index (χ3n) is 4.09. The molecular formula is C20H24FN3O2. The summed E-state index contributed by atoms with van der Waals surface area (Å²) in [6.07, 6.45) is 0.917. The van der Waals surface area contributed by atoms with Gasteiger partial charge in [-0.3, -0.25) is 4.79 Å². The average molecular weight is 357 g/mol. The van der Waals surface area contributed by atoms with Crippen LogP contribution in [0.1, 0.15) is 30.5 Å². The molecule has 0 bridgehead atoms. The Balaban J connectivity index is 1.98. The van der Waals surface area contributed by atoms with Gasteiger partial charge in [0, 0.05) is 26.2 Å². The van der Waals surface area contributed by atoms with E-state index in [-0.39, 0.29) is 23.8 Å². The van der Waals surface area contributed by atoms with Gasteiger partial charge in [-0.2, -0.15) is 0 Å². The monoisotopic (exact) mass is 357 g/mol. The smallest absolute Gasteiger partial charge is 0.319 e. The molecule has 0 aromatic heterocycles. The van der Waals surface area contributed by atoms with E-state index in [1.54, 1.807) is 37.2 Å². The van der Waals surface area contributed by atoms with Crippen LogP contribution in [0.4, 0.5) is 14.9 Å². The van der Waals surface area contributed by atoms with Gasteiger partial charge in [0.1, 0.15) is 5.82 Å². The second-order valence-electron chi connectivity index (χ2n) is 6.32. The maximum atomic E-state index is 13.0. The standard InChI is InChI=1S/C20H24FN3O2/c1-14(15-8-11-17(21)12-9-15)22-20(26)23-18-7-5-4-6-16(18)10-13-19(25)24(2)3/h4-9,11-12,14H,10,13H2,1-3H3,(H2,22,23,26). The third-order valence-corrected chi connectivity index (χ3v) is 4.09. The molecule has 3 amide bonds. The van der Waals surface area contributed by atoms with E-state index in [1.807, 2.05) is 25.1 Å². The SMILES string of the molecule is CC(NC(=O)Nc1ccccc1CCC(=O)N(C)C)c1ccc(F)cc1. The van der Waals surface area contributed by atoms with Crippen LogP contribution in [0, 0.1) is 5.82 Å². The summed E-state index contributed by atoms with van der Waals surface area (Å²) in [7, 11) is 3.44. The van der Waals surface area contributed by atoms with Crippen LogP contribution in [-0.2, 0) is 11.2 Å². The van der Waals surface area contributed by atoms with Crippen molar-refractivity contribution in [3.63, 3.8) is 0 Å². The lowest BCUT2D eigenvalue weighted by atomic mass is 10.1. The Morgan fingerprint density at radius 3 is 2.38 bits per heavy atom. The van der Waals surface area contributed by atoms with Crippen LogP contribution in [0.2, 0.25) is 0 Å². The Morgan fingerprint density at radius 2 is 1.73 bits per heavy atom. The van der Waals surface area contributed by atoms with Gasteiger partial charge < -0.3 is 15.5 Å². The van der Waals surface area contributed by atoms with Crippen molar-refractivity contribution in [2.24, 2.45) is 0 Å². The zero-order chi connectivity index (χ0) is 19.1. The molecular weight excluding hydrogens is 333 g/mol. The van der Waals surface area contributed by atoms with Crippen LogP contribution < -0.4 is 10.6 Å². The highest BCUT2D eigenvalue weighted by Crippen LogP contribution is 2.18. The Morgan fingerprint density at radius 1 is 1.08 bits per heavy atom. The Hall–Kier alpha value is -2.89. The summed E-state index contributed by atoms with van der Waals surface area (Å²) < 4.78 is 13.0. The fourth-order valence-electron chi connectivity index (χ4n) is 2.52. The fourth-order valence-corrected chi connectivity index (χ4v) is 2.52. The normalized spacial score (nSPS) is 11.5. The molecule has 0 spiro atoms. The summed E-state index contributed by atoms with van der Waals surface area (Å²) in [4.78, 5) is 25.6. The lowest BCUT2D eigenvalue weighted by molar-refractivity contribution is -0.128. The predicted octanol–water partition coefficient (Wildman–Crippen LogP) is 3.73. The third kappa shape index (κ3) is 5.58. The molecule has 0 aliphatic rings. The van der Waals surface area contributed by atoms with Crippen molar-refractivity contribution in [2.75, 3.05) is 19.4 Å². The van der Waals surface area contributed by atoms with E-state index < -0.39 is 0 Å². The molecule has 0 fully saturated rings. The zero-order valence-corrected chi connectivity index (χ0v) is 15.3. The zero-order valence-electron chi connectivity index (χ0n) is 15.3. The molecule has 0 saturated carbocycles. The van der Waals surface area contributed by atoms with Crippen molar-refractivity contribution in [1.82, 2.24) is 10.2 Å². The summed E-state index contributed by atoms with van der Waals surface area (Å²) in [6, 6.07) is 12.8. The van der Waals surface area contributed by atoms with Crippen molar-refractivity contribution in [2.45, 2.75) is 25.8 Å². The van der Waals surface area contributed by atoms with Gasteiger partial charge in [-0.25, -0.2) is 9.18 Å². The quantitative estimate of drug-likeness (QED) is 0.827. The van der Waals surface area contributed by atoms with E-state index >= 15 is 0 Å². The number of hydrogen-bond donors (Lipinski definition) is 2. The highest BCUT2D eigenvalue weighted by atomic mass is 19.1. The van der Waals surface area contributed by atoms with Crippen molar-refractivity contribution >= 4 is 17.6 Å². The average Bonchev–Trinajstić information content (AvgIpc) is 2.61. The number of nitrogens with one attached hydrogen (secondary N) is 2. The number of aryl methyl sites for hydroxylation is 1. The van der Waals surface area contributed by atoms with Gasteiger partial charge in [0.05, 0.1) is 6.04 Å². The van der Waals surface area contributed by atoms with Crippen LogP contribution in [0.15, 0.2) is 48.5 Å². The molecule has 1 unspecified atom stereocenters. The first-order valence-electron chi connectivity index (χ1n) is 8.48. The highest BCUT2D eigenvalue weighted by molar-refractivity contribution is 5.90. The van der Waals surface area contributed by atoms with Gasteiger partial charge in [-0.15, -0.1) is 0 Å². The number of para-hydroxylation sites is 1. The van der Waals surface area contributed by atoms with Crippen LogP contribution in [0.3, 0.4) is 0 Å². The molecule has 0 heterocycles. The number of carbonyl (C=O) groups excluding carboxylic acids is 2. The molecule has 0 radical (unpaired) electrons. The van der Waals surface area contributed by atoms with Gasteiger partial charge in [-0.1, -0.05) is 30.3 Å². The molecule has 2 aromatic carbocycles. The minimum absolute atomic E-state index is 0.0363. The number of halogens is 1. The summed E-state index contributed by atoms with van der Waals surface area (Å²) in [6.45, 7) is 1.83. The Bertz CT molecular complexity index is 760. The van der Waals surface area contributed by atoms with Gasteiger partial charge >= 0.3 is 6.03 Å². The molecule has 26 heavy (non-hydrogen) atoms. The number of rotatable bonds is 6. The first-order valence-corrected chi connectivity index (χ1v) is 8.48. The maximum absolute atomic E-state index is 13.0. The Labute approximate surface area is 153 Å². The van der Waals surface area contributed by atoms with Gasteiger partial charge in [0.15, 0.2) is 0 Å². The molecule has 2 aromatic rings. The van der Waals surface area contributed by atoms with E-state index in [0.717, 1.165) is 11.1 Å². The lowest BCUT2D eigenvalue weighted by Crippen LogP contribution is -2.31. The Kier molecular flexibility index (Phi) is 6.72. The molecule has 6 heteroatoms. The summed E-state index contributed by atoms with van der Waals surface area (Å²) in [5.41, 5.74) is 2.38. The number of urea groups is 1. The van der Waals surface area contributed by atoms with Crippen molar-refractivity contribution in [3.05, 3.63) is 65.5 Å². The van der Waals surface area contributed by atoms with E-state index in [9.17, 15) is 14.0 Å². The second kappa shape index (κ2) is 8.99. The first-order chi connectivity index (χ1) is 12.4. The van der Waals surface area contributed by atoms with Crippen LogP contribution in [0.25, 0.3) is 0 Å². The van der Waals surface area contributed by atoms with Gasteiger partial charge in [0.2, 0.25) is 5.91 Å². The number of nitrogens with zero attached hydrogens (tertiary/aromatic N) is 1. The molecule has 2 N–H and O–H groups in total. The summed E-state index contributed by atoms with van der Waals surface area (Å²) >= 11 is 0. The first kappa shape index (κ1) is 19.4. The minimum atomic E-state index is -0.354. The van der Waals surface area contributed by atoms with E-state index in [4.69, 9.17) is 0 Å². The molecule has 0 saturated heterocycles. The van der Waals surface area contributed by atoms with E-state index in [1.165, 1.54) is 12.1 Å². The molecule has 0 aliphatic carbocycles. The summed E-state index contributed by atoms with van der Waals surface area (Å²) in [5.74, 6) is -0.277. The fraction of sp³-hybridized carbons (Fsp3) is 0.300. The molecule has 5 nitrogen and oxygen atoms in total. The summed E-state index contributed by atoms with van der Waals surface area (Å²) in [5, 5.41) is 5.65. The number of hydrogen-bond acceptors (Lipinski definition) is 2. The van der Waals surface area contributed by atoms with E-state index in [2.05, 4.69) is 10.6 Å². The van der Waals surface area contributed by atoms with Crippen LogP contribution in [0.5, 0.6) is 0 Å². The topological polar surface area (TPSA) is 61.4 Å². The molecule has 2 rings (SSSR count). The maximum Gasteiger partial charge on any atom is 0.319 e.